The number of rotatable bonds is 12. The van der Waals surface area contributed by atoms with Crippen LogP contribution in [-0.2, 0) is 52.9 Å². The fourth-order valence-electron chi connectivity index (χ4n) is 10.1. The van der Waals surface area contributed by atoms with Gasteiger partial charge in [-0.25, -0.2) is 43.5 Å². The molecule has 0 saturated heterocycles. The van der Waals surface area contributed by atoms with Gasteiger partial charge >= 0.3 is 6.09 Å². The number of allylic oxidation sites excluding steroid dienone is 2. The third-order valence-electron chi connectivity index (χ3n) is 13.8. The molecule has 0 fully saturated rings. The van der Waals surface area contributed by atoms with Crippen molar-refractivity contribution in [3.8, 4) is 11.6 Å². The maximum absolute atomic E-state index is 13.3. The number of nitrogens with zero attached hydrogens (tertiary/aromatic N) is 11. The highest BCUT2D eigenvalue weighted by Gasteiger charge is 2.36. The number of anilines is 4. The Morgan fingerprint density at radius 1 is 0.684 bits per heavy atom. The molecule has 0 radical (unpaired) electrons. The van der Waals surface area contributed by atoms with Gasteiger partial charge in [-0.05, 0) is 119 Å². The number of fused-ring (bicyclic) bond motifs is 4. The van der Waals surface area contributed by atoms with E-state index in [9.17, 15) is 24.6 Å². The molecule has 0 saturated carbocycles. The van der Waals surface area contributed by atoms with Crippen molar-refractivity contribution in [1.29, 1.82) is 0 Å². The first kappa shape index (κ1) is 55.4. The fourth-order valence-corrected chi connectivity index (χ4v) is 10.1. The van der Waals surface area contributed by atoms with E-state index in [4.69, 9.17) is 14.7 Å². The number of carbonyl (C=O) groups excluding carboxylic acids is 1. The summed E-state index contributed by atoms with van der Waals surface area (Å²) >= 11 is 0. The largest absolute Gasteiger partial charge is 0.444 e. The summed E-state index contributed by atoms with van der Waals surface area (Å²) in [6.45, 7) is 31.7. The van der Waals surface area contributed by atoms with E-state index in [1.807, 2.05) is 39.0 Å². The molecule has 10 rings (SSSR count). The lowest BCUT2D eigenvalue weighted by Crippen LogP contribution is -2.46. The van der Waals surface area contributed by atoms with Crippen LogP contribution in [0.3, 0.4) is 0 Å². The molecule has 20 heteroatoms. The summed E-state index contributed by atoms with van der Waals surface area (Å²) in [5, 5.41) is 31.8. The maximum Gasteiger partial charge on any atom is 0.410 e. The second-order valence-corrected chi connectivity index (χ2v) is 23.4. The molecule has 2 aliphatic heterocycles. The van der Waals surface area contributed by atoms with Crippen LogP contribution in [0.25, 0.3) is 33.7 Å². The van der Waals surface area contributed by atoms with Gasteiger partial charge in [0.15, 0.2) is 22.9 Å². The van der Waals surface area contributed by atoms with Crippen molar-refractivity contribution >= 4 is 51.4 Å². The molecule has 8 heterocycles. The van der Waals surface area contributed by atoms with Crippen LogP contribution in [0.1, 0.15) is 110 Å². The van der Waals surface area contributed by atoms with Crippen LogP contribution >= 0.6 is 0 Å². The molecule has 5 N–H and O–H groups in total. The maximum atomic E-state index is 13.3. The van der Waals surface area contributed by atoms with Crippen LogP contribution in [0.2, 0.25) is 0 Å². The fraction of sp³-hybridized carbons (Fsp3) is 0.373. The van der Waals surface area contributed by atoms with Gasteiger partial charge in [0.25, 0.3) is 11.1 Å². The smallest absolute Gasteiger partial charge is 0.410 e. The lowest BCUT2D eigenvalue weighted by molar-refractivity contribution is 0.0174. The summed E-state index contributed by atoms with van der Waals surface area (Å²) < 4.78 is 11.9. The van der Waals surface area contributed by atoms with Crippen molar-refractivity contribution < 1.29 is 19.7 Å². The van der Waals surface area contributed by atoms with Gasteiger partial charge < -0.3 is 35.8 Å². The third-order valence-corrected chi connectivity index (χ3v) is 13.8. The lowest BCUT2D eigenvalue weighted by Gasteiger charge is -2.40. The van der Waals surface area contributed by atoms with Gasteiger partial charge in [-0.1, -0.05) is 64.1 Å². The highest BCUT2D eigenvalue weighted by Crippen LogP contribution is 2.37. The Balaban J connectivity index is 0.000000195. The molecule has 2 aromatic carbocycles. The number of pyridine rings is 2. The molecule has 79 heavy (non-hydrogen) atoms. The Morgan fingerprint density at radius 3 is 1.61 bits per heavy atom. The Kier molecular flexibility index (Phi) is 14.6. The van der Waals surface area contributed by atoms with Gasteiger partial charge in [0.1, 0.15) is 27.6 Å². The van der Waals surface area contributed by atoms with Gasteiger partial charge in [-0.2, -0.15) is 9.97 Å². The summed E-state index contributed by atoms with van der Waals surface area (Å²) in [5.41, 5.74) is 4.41. The second-order valence-electron chi connectivity index (χ2n) is 23.4. The Labute approximate surface area is 458 Å². The van der Waals surface area contributed by atoms with Gasteiger partial charge in [0.2, 0.25) is 11.9 Å². The molecular formula is C59H70N14O6. The van der Waals surface area contributed by atoms with Crippen LogP contribution in [0, 0.1) is 0 Å². The second kappa shape index (κ2) is 20.8. The quantitative estimate of drug-likeness (QED) is 0.0720. The number of carbonyl (C=O) groups is 1. The van der Waals surface area contributed by atoms with Crippen LogP contribution in [0.4, 0.5) is 28.1 Å². The highest BCUT2D eigenvalue weighted by molar-refractivity contribution is 5.78. The lowest BCUT2D eigenvalue weighted by atomic mass is 9.78. The van der Waals surface area contributed by atoms with Crippen molar-refractivity contribution in [3.05, 3.63) is 165 Å². The van der Waals surface area contributed by atoms with Gasteiger partial charge in [-0.3, -0.25) is 9.59 Å². The van der Waals surface area contributed by atoms with Crippen LogP contribution in [0.5, 0.6) is 0 Å². The minimum atomic E-state index is -1.18. The van der Waals surface area contributed by atoms with Gasteiger partial charge in [-0.15, -0.1) is 13.2 Å². The van der Waals surface area contributed by atoms with Crippen molar-refractivity contribution in [1.82, 2.24) is 58.8 Å². The van der Waals surface area contributed by atoms with E-state index in [0.717, 1.165) is 35.6 Å². The molecule has 6 aromatic heterocycles. The first-order chi connectivity index (χ1) is 37.2. The monoisotopic (exact) mass is 1070 g/mol. The average Bonchev–Trinajstić information content (AvgIpc) is 4.00. The molecule has 0 unspecified atom stereocenters. The molecule has 412 valence electrons. The zero-order chi connectivity index (χ0) is 57.0. The topological polar surface area (TPSA) is 237 Å². The van der Waals surface area contributed by atoms with Crippen LogP contribution in [0.15, 0.2) is 120 Å². The zero-order valence-electron chi connectivity index (χ0n) is 46.8. The molecule has 20 nitrogen and oxygen atoms in total. The normalized spacial score (nSPS) is 14.9. The van der Waals surface area contributed by atoms with Gasteiger partial charge in [0.05, 0.1) is 24.5 Å². The summed E-state index contributed by atoms with van der Waals surface area (Å²) in [6, 6.07) is 22.9. The summed E-state index contributed by atoms with van der Waals surface area (Å²) in [5.74, 6) is 1.55. The van der Waals surface area contributed by atoms with E-state index < -0.39 is 16.8 Å². The Morgan fingerprint density at radius 2 is 1.15 bits per heavy atom. The Hall–Kier alpha value is -8.33. The third kappa shape index (κ3) is 11.5. The first-order valence-electron chi connectivity index (χ1n) is 26.2. The number of benzene rings is 2. The van der Waals surface area contributed by atoms with Crippen LogP contribution < -0.4 is 27.1 Å². The van der Waals surface area contributed by atoms with E-state index in [1.165, 1.54) is 32.9 Å². The molecule has 0 spiro atoms. The molecule has 1 amide bonds. The zero-order valence-corrected chi connectivity index (χ0v) is 46.8. The van der Waals surface area contributed by atoms with Crippen molar-refractivity contribution in [3.63, 3.8) is 0 Å². The Bertz CT molecular complexity index is 3790. The SMILES string of the molecule is C=CCn1c(=O)c2cnc(Nc3ccc4c(c3)CN(C(=O)OC(C)(C)C)CC4(C)C)nc2n1-c1cccc(C(C)(C)O)n1.C=CCn1c(=O)c2cnc(Nc3ccc4c(c3)CNCC4(C)C)nc2n1-c1cccc(C(C)(C)O)n1. The predicted octanol–water partition coefficient (Wildman–Crippen LogP) is 8.68. The number of hydrogen-bond donors (Lipinski definition) is 5. The number of amides is 1. The van der Waals surface area contributed by atoms with Crippen molar-refractivity contribution in [2.75, 3.05) is 23.7 Å². The number of ether oxygens (including phenoxy) is 1. The summed E-state index contributed by atoms with van der Waals surface area (Å²) in [6.07, 6.45) is 5.95. The van der Waals surface area contributed by atoms with E-state index in [1.54, 1.807) is 90.5 Å². The number of aromatic nitrogens is 10. The van der Waals surface area contributed by atoms with Crippen molar-refractivity contribution in [2.45, 2.75) is 130 Å². The minimum Gasteiger partial charge on any atom is -0.444 e. The summed E-state index contributed by atoms with van der Waals surface area (Å²) in [7, 11) is 0. The number of nitrogens with one attached hydrogen (secondary N) is 3. The van der Waals surface area contributed by atoms with Crippen LogP contribution in [-0.4, -0.2) is 88.5 Å². The van der Waals surface area contributed by atoms with E-state index in [0.29, 0.717) is 64.1 Å². The molecule has 0 bridgehead atoms. The summed E-state index contributed by atoms with van der Waals surface area (Å²) in [4.78, 5) is 68.7. The average molecular weight is 1070 g/mol. The number of hydrogen-bond acceptors (Lipinski definition) is 15. The van der Waals surface area contributed by atoms with Crippen molar-refractivity contribution in [2.24, 2.45) is 0 Å². The molecule has 8 aromatic rings. The molecular weight excluding hydrogens is 1000 g/mol. The first-order valence-corrected chi connectivity index (χ1v) is 26.2. The molecule has 2 aliphatic rings. The van der Waals surface area contributed by atoms with E-state index >= 15 is 0 Å². The van der Waals surface area contributed by atoms with E-state index in [2.05, 4.69) is 94.9 Å². The molecule has 0 atom stereocenters. The highest BCUT2D eigenvalue weighted by atomic mass is 16.6. The van der Waals surface area contributed by atoms with E-state index in [-0.39, 0.29) is 47.1 Å². The molecule has 0 aliphatic carbocycles. The standard InChI is InChI=1S/C32H39N7O4.C27H31N7O2/c1-9-15-38-27(40)22-17-33-28(36-26(22)39(38)25-12-10-11-24(35-25)32(7,8)42)34-21-13-14-23-20(16-21)18-37(19-31(23,5)6)29(41)43-30(2,3)4;1-6-12-33-24(35)19-15-29-25(30-18-10-11-20-17(13-18)14-28-16-26(20,2)3)32-23(19)34(33)22-9-7-8-21(31-22)27(4,5)36/h9-14,16-17,42H,1,15,18-19H2,2-8H3,(H,33,34,36);6-11,13,15,28,36H,1,12,14,16H2,2-5H3,(H,29,30,32). The predicted molar refractivity (Wildman–Crippen MR) is 307 cm³/mol. The van der Waals surface area contributed by atoms with Gasteiger partial charge in [0, 0.05) is 60.8 Å². The number of aliphatic hydroxyl groups is 2. The minimum absolute atomic E-state index is 0.0658.